The van der Waals surface area contributed by atoms with Crippen LogP contribution in [0, 0.1) is 6.92 Å². The largest absolute Gasteiger partial charge is 0.488 e. The summed E-state index contributed by atoms with van der Waals surface area (Å²) in [6.07, 6.45) is 4.02. The minimum Gasteiger partial charge on any atom is -0.488 e. The van der Waals surface area contributed by atoms with E-state index >= 15 is 0 Å². The van der Waals surface area contributed by atoms with Crippen LogP contribution in [-0.4, -0.2) is 41.1 Å². The third-order valence-corrected chi connectivity index (χ3v) is 3.12. The van der Waals surface area contributed by atoms with Crippen LogP contribution in [0.15, 0.2) is 18.3 Å². The van der Waals surface area contributed by atoms with Crippen molar-refractivity contribution in [3.63, 3.8) is 0 Å². The highest BCUT2D eigenvalue weighted by molar-refractivity contribution is 6.45. The summed E-state index contributed by atoms with van der Waals surface area (Å²) in [5.41, 5.74) is 0.992. The molecule has 1 aliphatic rings. The van der Waals surface area contributed by atoms with E-state index in [0.29, 0.717) is 0 Å². The zero-order valence-corrected chi connectivity index (χ0v) is 10.5. The Morgan fingerprint density at radius 1 is 1.53 bits per heavy atom. The van der Waals surface area contributed by atoms with Crippen molar-refractivity contribution in [2.45, 2.75) is 32.7 Å². The van der Waals surface area contributed by atoms with Gasteiger partial charge in [-0.15, -0.1) is 0 Å². The van der Waals surface area contributed by atoms with Crippen LogP contribution >= 0.6 is 0 Å². The monoisotopic (exact) mass is 234 g/mol. The summed E-state index contributed by atoms with van der Waals surface area (Å²) in [6, 6.07) is 3.90. The average Bonchev–Trinajstić information content (AvgIpc) is 2.32. The van der Waals surface area contributed by atoms with Gasteiger partial charge in [0.15, 0.2) is 0 Å². The second-order valence-corrected chi connectivity index (χ2v) is 4.64. The second kappa shape index (κ2) is 5.51. The Hall–Kier alpha value is -1.07. The van der Waals surface area contributed by atoms with Crippen molar-refractivity contribution < 1.29 is 9.76 Å². The molecule has 2 heterocycles. The summed E-state index contributed by atoms with van der Waals surface area (Å²) >= 11 is 0. The molecule has 1 saturated heterocycles. The van der Waals surface area contributed by atoms with Gasteiger partial charge in [-0.3, -0.25) is 4.98 Å². The molecular formula is C12H19BN2O2. The van der Waals surface area contributed by atoms with Gasteiger partial charge in [-0.2, -0.15) is 0 Å². The second-order valence-electron chi connectivity index (χ2n) is 4.64. The van der Waals surface area contributed by atoms with E-state index in [4.69, 9.17) is 4.74 Å². The fourth-order valence-corrected chi connectivity index (χ4v) is 2.12. The quantitative estimate of drug-likeness (QED) is 0.801. The van der Waals surface area contributed by atoms with Crippen molar-refractivity contribution >= 4 is 7.05 Å². The highest BCUT2D eigenvalue weighted by Crippen LogP contribution is 2.18. The number of rotatable bonds is 3. The molecule has 0 amide bonds. The van der Waals surface area contributed by atoms with Crippen molar-refractivity contribution in [1.29, 1.82) is 0 Å². The molecule has 1 fully saturated rings. The Morgan fingerprint density at radius 3 is 3.00 bits per heavy atom. The summed E-state index contributed by atoms with van der Waals surface area (Å²) in [5.74, 6) is 0.813. The molecule has 0 aromatic carbocycles. The Labute approximate surface area is 103 Å². The summed E-state index contributed by atoms with van der Waals surface area (Å²) in [4.78, 5) is 6.25. The van der Waals surface area contributed by atoms with Crippen LogP contribution in [0.1, 0.15) is 18.5 Å². The van der Waals surface area contributed by atoms with E-state index in [1.165, 1.54) is 0 Å². The molecule has 0 radical (unpaired) electrons. The van der Waals surface area contributed by atoms with Gasteiger partial charge in [0.05, 0.1) is 6.20 Å². The Balaban J connectivity index is 1.92. The topological polar surface area (TPSA) is 45.6 Å². The number of hydrogen-bond acceptors (Lipinski definition) is 4. The predicted octanol–water partition coefficient (Wildman–Crippen LogP) is 1.34. The fourth-order valence-electron chi connectivity index (χ4n) is 2.12. The standard InChI is InChI=1S/C12H19BN2O2/c1-10-5-6-11(8-14-10)17-12-4-3-7-15(9-12)13(2)16/h5-6,8,12,16H,3-4,7,9H2,1-2H3. The van der Waals surface area contributed by atoms with Gasteiger partial charge in [-0.05, 0) is 45.3 Å². The van der Waals surface area contributed by atoms with E-state index in [2.05, 4.69) is 4.98 Å². The summed E-state index contributed by atoms with van der Waals surface area (Å²) in [5, 5.41) is 9.56. The number of pyridine rings is 1. The Bertz CT molecular complexity index is 356. The minimum atomic E-state index is -0.391. The van der Waals surface area contributed by atoms with Gasteiger partial charge in [0.2, 0.25) is 0 Å². The zero-order chi connectivity index (χ0) is 12.3. The van der Waals surface area contributed by atoms with Gasteiger partial charge in [0.1, 0.15) is 11.9 Å². The van der Waals surface area contributed by atoms with Crippen LogP contribution in [0.5, 0.6) is 5.75 Å². The van der Waals surface area contributed by atoms with E-state index < -0.39 is 7.05 Å². The molecule has 1 atom stereocenters. The maximum Gasteiger partial charge on any atom is 0.376 e. The molecule has 92 valence electrons. The van der Waals surface area contributed by atoms with E-state index in [9.17, 15) is 5.02 Å². The molecule has 4 nitrogen and oxygen atoms in total. The first kappa shape index (κ1) is 12.4. The molecule has 1 N–H and O–H groups in total. The maximum absolute atomic E-state index is 9.56. The molecule has 1 aromatic heterocycles. The summed E-state index contributed by atoms with van der Waals surface area (Å²) < 4.78 is 5.88. The third kappa shape index (κ3) is 3.44. The maximum atomic E-state index is 9.56. The van der Waals surface area contributed by atoms with Gasteiger partial charge in [0.25, 0.3) is 0 Å². The first-order valence-electron chi connectivity index (χ1n) is 6.16. The smallest absolute Gasteiger partial charge is 0.376 e. The third-order valence-electron chi connectivity index (χ3n) is 3.12. The van der Waals surface area contributed by atoms with Crippen molar-refractivity contribution in [2.24, 2.45) is 0 Å². The van der Waals surface area contributed by atoms with E-state index in [0.717, 1.165) is 37.4 Å². The van der Waals surface area contributed by atoms with Gasteiger partial charge >= 0.3 is 7.05 Å². The van der Waals surface area contributed by atoms with Gasteiger partial charge in [-0.25, -0.2) is 0 Å². The van der Waals surface area contributed by atoms with Crippen LogP contribution in [0.2, 0.25) is 6.82 Å². The van der Waals surface area contributed by atoms with Crippen molar-refractivity contribution in [1.82, 2.24) is 9.79 Å². The molecule has 0 saturated carbocycles. The number of aryl methyl sites for hydroxylation is 1. The number of piperidine rings is 1. The molecule has 17 heavy (non-hydrogen) atoms. The molecule has 1 unspecified atom stereocenters. The number of hydrogen-bond donors (Lipinski definition) is 1. The average molecular weight is 234 g/mol. The molecule has 1 aliphatic heterocycles. The van der Waals surface area contributed by atoms with Crippen LogP contribution < -0.4 is 4.74 Å². The lowest BCUT2D eigenvalue weighted by Gasteiger charge is -2.33. The first-order valence-corrected chi connectivity index (χ1v) is 6.16. The number of nitrogens with zero attached hydrogens (tertiary/aromatic N) is 2. The van der Waals surface area contributed by atoms with E-state index in [1.54, 1.807) is 13.0 Å². The first-order chi connectivity index (χ1) is 8.15. The van der Waals surface area contributed by atoms with E-state index in [-0.39, 0.29) is 6.10 Å². The van der Waals surface area contributed by atoms with Crippen molar-refractivity contribution in [3.8, 4) is 5.75 Å². The van der Waals surface area contributed by atoms with Gasteiger partial charge in [0, 0.05) is 12.2 Å². The highest BCUT2D eigenvalue weighted by atomic mass is 16.5. The number of ether oxygens (including phenoxy) is 1. The molecular weight excluding hydrogens is 215 g/mol. The Kier molecular flexibility index (Phi) is 4.02. The molecule has 5 heteroatoms. The Morgan fingerprint density at radius 2 is 2.35 bits per heavy atom. The van der Waals surface area contributed by atoms with Crippen LogP contribution in [0.3, 0.4) is 0 Å². The summed E-state index contributed by atoms with van der Waals surface area (Å²) in [6.45, 7) is 5.49. The number of aromatic nitrogens is 1. The van der Waals surface area contributed by atoms with E-state index in [1.807, 2.05) is 23.9 Å². The van der Waals surface area contributed by atoms with Crippen molar-refractivity contribution in [2.75, 3.05) is 13.1 Å². The molecule has 0 aliphatic carbocycles. The SMILES string of the molecule is CB(O)N1CCCC(Oc2ccc(C)nc2)C1. The molecule has 0 spiro atoms. The molecule has 1 aromatic rings. The van der Waals surface area contributed by atoms with Crippen LogP contribution in [0.4, 0.5) is 0 Å². The lowest BCUT2D eigenvalue weighted by Crippen LogP contribution is -2.47. The van der Waals surface area contributed by atoms with Gasteiger partial charge in [-0.1, -0.05) is 0 Å². The summed E-state index contributed by atoms with van der Waals surface area (Å²) in [7, 11) is -0.391. The lowest BCUT2D eigenvalue weighted by atomic mass is 9.82. The predicted molar refractivity (Wildman–Crippen MR) is 68.0 cm³/mol. The molecule has 2 rings (SSSR count). The lowest BCUT2D eigenvalue weighted by molar-refractivity contribution is 0.121. The van der Waals surface area contributed by atoms with Gasteiger partial charge < -0.3 is 14.6 Å². The zero-order valence-electron chi connectivity index (χ0n) is 10.5. The minimum absolute atomic E-state index is 0.155. The van der Waals surface area contributed by atoms with Crippen LogP contribution in [0.25, 0.3) is 0 Å². The molecule has 0 bridgehead atoms. The van der Waals surface area contributed by atoms with Crippen LogP contribution in [-0.2, 0) is 0 Å². The fraction of sp³-hybridized carbons (Fsp3) is 0.583. The van der Waals surface area contributed by atoms with Crippen molar-refractivity contribution in [3.05, 3.63) is 24.0 Å². The normalized spacial score (nSPS) is 21.2. The highest BCUT2D eigenvalue weighted by Gasteiger charge is 2.25.